The Bertz CT molecular complexity index is 387. The van der Waals surface area contributed by atoms with E-state index in [0.29, 0.717) is 5.56 Å². The molecule has 10 heteroatoms. The first-order valence-corrected chi connectivity index (χ1v) is 5.47. The third-order valence-corrected chi connectivity index (χ3v) is 1.54. The molecule has 0 radical (unpaired) electrons. The number of hydrogen-bond donors (Lipinski definition) is 7. The largest absolute Gasteiger partial charge is 0.478 e. The maximum absolute atomic E-state index is 10.2. The van der Waals surface area contributed by atoms with Gasteiger partial charge in [0.25, 0.3) is 0 Å². The van der Waals surface area contributed by atoms with Crippen molar-refractivity contribution >= 4 is 40.6 Å². The molecule has 0 saturated carbocycles. The molecule has 19 heavy (non-hydrogen) atoms. The summed E-state index contributed by atoms with van der Waals surface area (Å²) in [6.07, 6.45) is 0. The van der Waals surface area contributed by atoms with Crippen LogP contribution in [0, 0.1) is 0 Å². The highest BCUT2D eigenvalue weighted by molar-refractivity contribution is 7.80. The number of aromatic carboxylic acids is 1. The number of nitrogens with two attached hydrogens (primary N) is 4. The van der Waals surface area contributed by atoms with Gasteiger partial charge in [-0.15, -0.1) is 0 Å². The van der Waals surface area contributed by atoms with Gasteiger partial charge in [-0.1, -0.05) is 18.2 Å². The summed E-state index contributed by atoms with van der Waals surface area (Å²) >= 11 is 8.48. The van der Waals surface area contributed by atoms with Crippen LogP contribution in [0.25, 0.3) is 0 Å². The van der Waals surface area contributed by atoms with Crippen LogP contribution >= 0.6 is 24.4 Å². The van der Waals surface area contributed by atoms with Crippen molar-refractivity contribution in [1.29, 1.82) is 0 Å². The van der Waals surface area contributed by atoms with Gasteiger partial charge in [0.2, 0.25) is 0 Å². The molecule has 0 heterocycles. The molecular formula is C9H16N6O2S2. The number of carboxylic acid groups (broad SMARTS) is 1. The van der Waals surface area contributed by atoms with Crippen molar-refractivity contribution < 1.29 is 9.90 Å². The molecule has 106 valence electrons. The minimum Gasteiger partial charge on any atom is -0.478 e. The fourth-order valence-corrected chi connectivity index (χ4v) is 0.581. The van der Waals surface area contributed by atoms with Crippen molar-refractivity contribution in [1.82, 2.24) is 10.9 Å². The van der Waals surface area contributed by atoms with Crippen LogP contribution in [0.3, 0.4) is 0 Å². The van der Waals surface area contributed by atoms with E-state index in [1.807, 2.05) is 10.9 Å². The summed E-state index contributed by atoms with van der Waals surface area (Å²) in [5.74, 6) is 8.43. The minimum absolute atomic E-state index is 0.116. The number of carboxylic acids is 1. The zero-order chi connectivity index (χ0) is 15.3. The zero-order valence-corrected chi connectivity index (χ0v) is 11.5. The second-order valence-electron chi connectivity index (χ2n) is 2.69. The van der Waals surface area contributed by atoms with Crippen molar-refractivity contribution in [2.45, 2.75) is 0 Å². The summed E-state index contributed by atoms with van der Waals surface area (Å²) in [6, 6.07) is 8.30. The number of rotatable bonds is 1. The van der Waals surface area contributed by atoms with Crippen molar-refractivity contribution in [3.63, 3.8) is 0 Å². The van der Waals surface area contributed by atoms with Crippen LogP contribution in [0.5, 0.6) is 0 Å². The topological polar surface area (TPSA) is 165 Å². The highest BCUT2D eigenvalue weighted by atomic mass is 32.1. The van der Waals surface area contributed by atoms with Gasteiger partial charge < -0.3 is 27.4 Å². The fraction of sp³-hybridized carbons (Fsp3) is 0. The molecule has 0 saturated heterocycles. The highest BCUT2D eigenvalue weighted by Crippen LogP contribution is 1.96. The van der Waals surface area contributed by atoms with Crippen LogP contribution in [-0.2, 0) is 0 Å². The molecule has 0 aliphatic rings. The normalized spacial score (nSPS) is 7.68. The minimum atomic E-state index is -0.879. The average Bonchev–Trinajstić information content (AvgIpc) is 2.41. The molecule has 1 aromatic carbocycles. The lowest BCUT2D eigenvalue weighted by Gasteiger charge is -1.88. The van der Waals surface area contributed by atoms with E-state index in [1.54, 1.807) is 30.3 Å². The number of hydrogen-bond acceptors (Lipinski definition) is 5. The number of nitrogens with one attached hydrogen (secondary N) is 2. The summed E-state index contributed by atoms with van der Waals surface area (Å²) < 4.78 is 0. The van der Waals surface area contributed by atoms with E-state index < -0.39 is 5.97 Å². The zero-order valence-electron chi connectivity index (χ0n) is 9.87. The fourth-order valence-electron chi connectivity index (χ4n) is 0.581. The molecule has 1 aromatic rings. The van der Waals surface area contributed by atoms with Gasteiger partial charge in [-0.05, 0) is 36.6 Å². The van der Waals surface area contributed by atoms with Crippen molar-refractivity contribution in [2.75, 3.05) is 0 Å². The quantitative estimate of drug-likeness (QED) is 0.190. The van der Waals surface area contributed by atoms with Gasteiger partial charge in [0.15, 0.2) is 10.2 Å². The molecule has 0 amide bonds. The maximum atomic E-state index is 10.2. The number of benzene rings is 1. The van der Waals surface area contributed by atoms with Crippen LogP contribution in [0.15, 0.2) is 30.3 Å². The second-order valence-corrected chi connectivity index (χ2v) is 3.57. The Morgan fingerprint density at radius 2 is 1.32 bits per heavy atom. The smallest absolute Gasteiger partial charge is 0.335 e. The number of hydrazine groups is 2. The summed E-state index contributed by atoms with van der Waals surface area (Å²) in [5, 5.41) is 8.62. The first kappa shape index (κ1) is 19.3. The lowest BCUT2D eigenvalue weighted by Crippen LogP contribution is -2.34. The maximum Gasteiger partial charge on any atom is 0.335 e. The Morgan fingerprint density at radius 1 is 1.00 bits per heavy atom. The van der Waals surface area contributed by atoms with Gasteiger partial charge in [-0.2, -0.15) is 0 Å². The molecule has 0 aliphatic heterocycles. The number of carbonyl (C=O) groups is 1. The molecule has 0 atom stereocenters. The van der Waals surface area contributed by atoms with Crippen LogP contribution in [0.2, 0.25) is 0 Å². The lowest BCUT2D eigenvalue weighted by atomic mass is 10.2. The molecular weight excluding hydrogens is 288 g/mol. The van der Waals surface area contributed by atoms with Crippen LogP contribution in [0.4, 0.5) is 0 Å². The van der Waals surface area contributed by atoms with E-state index in [9.17, 15) is 4.79 Å². The lowest BCUT2D eigenvalue weighted by molar-refractivity contribution is 0.0697. The summed E-state index contributed by atoms with van der Waals surface area (Å²) in [6.45, 7) is 0. The van der Waals surface area contributed by atoms with Gasteiger partial charge >= 0.3 is 5.97 Å². The van der Waals surface area contributed by atoms with Crippen molar-refractivity contribution in [2.24, 2.45) is 23.2 Å². The Labute approximate surface area is 121 Å². The van der Waals surface area contributed by atoms with E-state index in [-0.39, 0.29) is 10.2 Å². The molecule has 0 aliphatic carbocycles. The number of thiocarbonyl (C=S) groups is 2. The molecule has 0 unspecified atom stereocenters. The van der Waals surface area contributed by atoms with Gasteiger partial charge in [0.05, 0.1) is 5.56 Å². The molecule has 0 aromatic heterocycles. The Morgan fingerprint density at radius 3 is 1.47 bits per heavy atom. The van der Waals surface area contributed by atoms with E-state index >= 15 is 0 Å². The van der Waals surface area contributed by atoms with E-state index in [4.69, 9.17) is 16.6 Å². The standard InChI is InChI=1S/C7H6O2.2CH5N3S/c8-7(9)6-4-2-1-3-5-6;2*2-1(5)4-3/h1-5H,(H,8,9);2*3H2,(H3,2,4,5). The van der Waals surface area contributed by atoms with Gasteiger partial charge in [0.1, 0.15) is 0 Å². The van der Waals surface area contributed by atoms with Gasteiger partial charge in [-0.3, -0.25) is 0 Å². The molecule has 0 bridgehead atoms. The summed E-state index contributed by atoms with van der Waals surface area (Å²) in [5.41, 5.74) is 14.0. The highest BCUT2D eigenvalue weighted by Gasteiger charge is 1.96. The first-order chi connectivity index (χ1) is 8.84. The molecule has 0 fully saturated rings. The van der Waals surface area contributed by atoms with Crippen LogP contribution < -0.4 is 34.0 Å². The van der Waals surface area contributed by atoms with Crippen molar-refractivity contribution in [3.05, 3.63) is 35.9 Å². The second kappa shape index (κ2) is 12.4. The van der Waals surface area contributed by atoms with Crippen LogP contribution in [-0.4, -0.2) is 21.3 Å². The predicted octanol–water partition coefficient (Wildman–Crippen LogP) is -1.23. The Kier molecular flexibility index (Phi) is 12.7. The van der Waals surface area contributed by atoms with Crippen LogP contribution in [0.1, 0.15) is 10.4 Å². The summed E-state index contributed by atoms with van der Waals surface area (Å²) in [4.78, 5) is 10.2. The Balaban J connectivity index is 0. The van der Waals surface area contributed by atoms with E-state index in [0.717, 1.165) is 0 Å². The van der Waals surface area contributed by atoms with Crippen molar-refractivity contribution in [3.8, 4) is 0 Å². The molecule has 8 nitrogen and oxygen atoms in total. The third-order valence-electron chi connectivity index (χ3n) is 1.31. The molecule has 1 rings (SSSR count). The monoisotopic (exact) mass is 304 g/mol. The van der Waals surface area contributed by atoms with Gasteiger partial charge in [0, 0.05) is 0 Å². The third kappa shape index (κ3) is 16.0. The molecule has 0 spiro atoms. The first-order valence-electron chi connectivity index (χ1n) is 4.65. The Hall–Kier alpha value is -2.01. The van der Waals surface area contributed by atoms with Gasteiger partial charge in [-0.25, -0.2) is 16.5 Å². The average molecular weight is 304 g/mol. The van der Waals surface area contributed by atoms with E-state index in [1.165, 1.54) is 0 Å². The molecule has 11 N–H and O–H groups in total. The predicted molar refractivity (Wildman–Crippen MR) is 81.6 cm³/mol. The summed E-state index contributed by atoms with van der Waals surface area (Å²) in [7, 11) is 0. The van der Waals surface area contributed by atoms with E-state index in [2.05, 4.69) is 36.1 Å². The SMILES string of the molecule is NNC(N)=S.NNC(N)=S.O=C(O)c1ccccc1.